The second-order valence-corrected chi connectivity index (χ2v) is 15.4. The molecule has 1 heterocycles. The normalized spacial score (nSPS) is 12.9. The fourth-order valence-corrected chi connectivity index (χ4v) is 9.97. The Morgan fingerprint density at radius 2 is 0.729 bits per heavy atom. The number of hydrogen-bond donors (Lipinski definition) is 0. The minimum atomic E-state index is -0.625. The standard InChI is InChI=1S/C56H35N3/c1-4-19-36(20-5-1)53-57-54(47-33-18-32-46-43-29-16-17-34-50(43)56(52(46)47,37-21-6-2-7-22-37)38-23-8-3-9-24-38)59-55(58-53)49-35-48-41-27-11-10-25-39(41)40-26-12-14-30-44(40)51(48)45-31-15-13-28-42(45)49/h1-35H. The smallest absolute Gasteiger partial charge is 0.164 e. The molecule has 1 aliphatic rings. The molecule has 0 atom stereocenters. The summed E-state index contributed by atoms with van der Waals surface area (Å²) in [6.07, 6.45) is 0. The molecule has 0 unspecified atom stereocenters. The fraction of sp³-hybridized carbons (Fsp3) is 0.0179. The second-order valence-electron chi connectivity index (χ2n) is 15.4. The van der Waals surface area contributed by atoms with Crippen LogP contribution in [0.5, 0.6) is 0 Å². The van der Waals surface area contributed by atoms with Gasteiger partial charge in [-0.05, 0) is 82.5 Å². The van der Waals surface area contributed by atoms with Crippen LogP contribution in [-0.2, 0) is 5.41 Å². The first-order chi connectivity index (χ1) is 29.3. The van der Waals surface area contributed by atoms with Crippen molar-refractivity contribution in [2.24, 2.45) is 0 Å². The molecule has 0 saturated heterocycles. The minimum Gasteiger partial charge on any atom is -0.208 e. The van der Waals surface area contributed by atoms with Crippen LogP contribution in [0.1, 0.15) is 22.3 Å². The van der Waals surface area contributed by atoms with Gasteiger partial charge < -0.3 is 0 Å². The summed E-state index contributed by atoms with van der Waals surface area (Å²) in [7, 11) is 0. The third-order valence-electron chi connectivity index (χ3n) is 12.4. The van der Waals surface area contributed by atoms with Gasteiger partial charge in [-0.1, -0.05) is 206 Å². The van der Waals surface area contributed by atoms with E-state index >= 15 is 0 Å². The van der Waals surface area contributed by atoms with E-state index in [1.807, 2.05) is 18.2 Å². The van der Waals surface area contributed by atoms with E-state index in [1.165, 1.54) is 71.1 Å². The number of fused-ring (bicyclic) bond motifs is 11. The predicted molar refractivity (Wildman–Crippen MR) is 243 cm³/mol. The van der Waals surface area contributed by atoms with Gasteiger partial charge in [-0.2, -0.15) is 0 Å². The Morgan fingerprint density at radius 3 is 1.39 bits per heavy atom. The van der Waals surface area contributed by atoms with E-state index in [-0.39, 0.29) is 0 Å². The van der Waals surface area contributed by atoms with E-state index in [1.54, 1.807) is 0 Å². The third-order valence-corrected chi connectivity index (χ3v) is 12.4. The van der Waals surface area contributed by atoms with Crippen LogP contribution in [-0.4, -0.2) is 15.0 Å². The van der Waals surface area contributed by atoms with E-state index in [0.29, 0.717) is 17.5 Å². The van der Waals surface area contributed by atoms with Gasteiger partial charge in [0.2, 0.25) is 0 Å². The second kappa shape index (κ2) is 13.2. The molecule has 0 amide bonds. The van der Waals surface area contributed by atoms with Crippen LogP contribution in [0.3, 0.4) is 0 Å². The van der Waals surface area contributed by atoms with Crippen LogP contribution in [0.2, 0.25) is 0 Å². The maximum atomic E-state index is 5.57. The molecule has 0 radical (unpaired) electrons. The molecule has 0 spiro atoms. The first-order valence-corrected chi connectivity index (χ1v) is 20.2. The maximum absolute atomic E-state index is 5.57. The Hall–Kier alpha value is -7.75. The molecule has 10 aromatic carbocycles. The van der Waals surface area contributed by atoms with Crippen molar-refractivity contribution in [1.29, 1.82) is 0 Å². The number of rotatable bonds is 5. The molecule has 3 nitrogen and oxygen atoms in total. The van der Waals surface area contributed by atoms with Gasteiger partial charge in [-0.3, -0.25) is 0 Å². The van der Waals surface area contributed by atoms with E-state index in [0.717, 1.165) is 22.1 Å². The van der Waals surface area contributed by atoms with Gasteiger partial charge in [0.15, 0.2) is 17.5 Å². The van der Waals surface area contributed by atoms with E-state index in [2.05, 4.69) is 194 Å². The van der Waals surface area contributed by atoms with E-state index in [4.69, 9.17) is 15.0 Å². The van der Waals surface area contributed by atoms with Gasteiger partial charge >= 0.3 is 0 Å². The molecule has 1 aliphatic carbocycles. The lowest BCUT2D eigenvalue weighted by Crippen LogP contribution is -2.29. The number of benzene rings is 10. The topological polar surface area (TPSA) is 38.7 Å². The molecule has 3 heteroatoms. The zero-order valence-corrected chi connectivity index (χ0v) is 32.0. The lowest BCUT2D eigenvalue weighted by atomic mass is 9.66. The molecule has 12 rings (SSSR count). The Labute approximate surface area is 342 Å². The Balaban J connectivity index is 1.21. The van der Waals surface area contributed by atoms with Crippen LogP contribution in [0.25, 0.3) is 88.4 Å². The summed E-state index contributed by atoms with van der Waals surface area (Å²) < 4.78 is 0. The SMILES string of the molecule is c1ccc(-c2nc(-c3cccc4c3C(c3ccccc3)(c3ccccc3)c3ccccc3-4)nc(-c3cc4c5ccccc5c5ccccc5c4c4ccccc34)n2)cc1. The monoisotopic (exact) mass is 749 g/mol. The highest BCUT2D eigenvalue weighted by molar-refractivity contribution is 6.32. The van der Waals surface area contributed by atoms with Crippen LogP contribution in [0.4, 0.5) is 0 Å². The lowest BCUT2D eigenvalue weighted by Gasteiger charge is -2.35. The molecule has 274 valence electrons. The van der Waals surface area contributed by atoms with Gasteiger partial charge in [0.25, 0.3) is 0 Å². The van der Waals surface area contributed by atoms with Crippen LogP contribution < -0.4 is 0 Å². The summed E-state index contributed by atoms with van der Waals surface area (Å²) >= 11 is 0. The average Bonchev–Trinajstić information content (AvgIpc) is 3.63. The van der Waals surface area contributed by atoms with Gasteiger partial charge in [0, 0.05) is 16.7 Å². The van der Waals surface area contributed by atoms with Crippen molar-refractivity contribution in [3.05, 3.63) is 235 Å². The van der Waals surface area contributed by atoms with Crippen molar-refractivity contribution >= 4 is 43.1 Å². The first-order valence-electron chi connectivity index (χ1n) is 20.2. The Bertz CT molecular complexity index is 3390. The summed E-state index contributed by atoms with van der Waals surface area (Å²) in [5.74, 6) is 1.92. The van der Waals surface area contributed by atoms with Gasteiger partial charge in [-0.25, -0.2) is 15.0 Å². The number of aromatic nitrogens is 3. The zero-order valence-electron chi connectivity index (χ0n) is 32.0. The molecular formula is C56H35N3. The molecule has 11 aromatic rings. The molecule has 0 fully saturated rings. The summed E-state index contributed by atoms with van der Waals surface area (Å²) in [6, 6.07) is 76.2. The van der Waals surface area contributed by atoms with Gasteiger partial charge in [-0.15, -0.1) is 0 Å². The van der Waals surface area contributed by atoms with Crippen molar-refractivity contribution in [3.63, 3.8) is 0 Å². The number of hydrogen-bond acceptors (Lipinski definition) is 3. The molecule has 0 aliphatic heterocycles. The van der Waals surface area contributed by atoms with Crippen LogP contribution in [0.15, 0.2) is 212 Å². The molecule has 0 bridgehead atoms. The Morgan fingerprint density at radius 1 is 0.288 bits per heavy atom. The highest BCUT2D eigenvalue weighted by Gasteiger charge is 2.47. The minimum absolute atomic E-state index is 0.625. The van der Waals surface area contributed by atoms with E-state index < -0.39 is 5.41 Å². The van der Waals surface area contributed by atoms with Crippen LogP contribution >= 0.6 is 0 Å². The van der Waals surface area contributed by atoms with Crippen LogP contribution in [0, 0.1) is 0 Å². The molecule has 59 heavy (non-hydrogen) atoms. The summed E-state index contributed by atoms with van der Waals surface area (Å²) in [6.45, 7) is 0. The van der Waals surface area contributed by atoms with Gasteiger partial charge in [0.05, 0.1) is 5.41 Å². The largest absolute Gasteiger partial charge is 0.208 e. The number of nitrogens with zero attached hydrogens (tertiary/aromatic N) is 3. The quantitative estimate of drug-likeness (QED) is 0.165. The Kier molecular flexibility index (Phi) is 7.45. The summed E-state index contributed by atoms with van der Waals surface area (Å²) in [5, 5.41) is 9.63. The predicted octanol–water partition coefficient (Wildman–Crippen LogP) is 13.8. The molecule has 0 saturated carbocycles. The molecule has 1 aromatic heterocycles. The maximum Gasteiger partial charge on any atom is 0.164 e. The molecular weight excluding hydrogens is 715 g/mol. The van der Waals surface area contributed by atoms with Crippen molar-refractivity contribution in [2.45, 2.75) is 5.41 Å². The van der Waals surface area contributed by atoms with Crippen molar-refractivity contribution in [2.75, 3.05) is 0 Å². The highest BCUT2D eigenvalue weighted by atomic mass is 15.0. The first kappa shape index (κ1) is 33.4. The summed E-state index contributed by atoms with van der Waals surface area (Å²) in [5.41, 5.74) is 9.48. The van der Waals surface area contributed by atoms with Crippen molar-refractivity contribution < 1.29 is 0 Å². The molecule has 0 N–H and O–H groups in total. The fourth-order valence-electron chi connectivity index (χ4n) is 9.97. The van der Waals surface area contributed by atoms with Crippen molar-refractivity contribution in [1.82, 2.24) is 15.0 Å². The zero-order chi connectivity index (χ0) is 38.9. The third kappa shape index (κ3) is 4.92. The highest BCUT2D eigenvalue weighted by Crippen LogP contribution is 2.58. The summed E-state index contributed by atoms with van der Waals surface area (Å²) in [4.78, 5) is 16.3. The van der Waals surface area contributed by atoms with Gasteiger partial charge in [0.1, 0.15) is 0 Å². The van der Waals surface area contributed by atoms with Crippen molar-refractivity contribution in [3.8, 4) is 45.3 Å². The lowest BCUT2D eigenvalue weighted by molar-refractivity contribution is 0.769. The van der Waals surface area contributed by atoms with E-state index in [9.17, 15) is 0 Å². The average molecular weight is 750 g/mol.